The van der Waals surface area contributed by atoms with E-state index in [1.165, 1.54) is 11.8 Å². The van der Waals surface area contributed by atoms with Gasteiger partial charge in [-0.05, 0) is 71.1 Å². The number of hydrogen-bond acceptors (Lipinski definition) is 7. The van der Waals surface area contributed by atoms with Crippen molar-refractivity contribution in [3.05, 3.63) is 88.9 Å². The van der Waals surface area contributed by atoms with Crippen molar-refractivity contribution < 1.29 is 9.59 Å². The number of tetrazole rings is 1. The number of thioether (sulfide) groups is 1. The van der Waals surface area contributed by atoms with Gasteiger partial charge < -0.3 is 15.1 Å². The highest BCUT2D eigenvalue weighted by Crippen LogP contribution is 2.22. The topological polar surface area (TPSA) is 96.2 Å². The van der Waals surface area contributed by atoms with Crippen molar-refractivity contribution in [1.29, 1.82) is 0 Å². The Balaban J connectivity index is 1.11. The van der Waals surface area contributed by atoms with Crippen LogP contribution in [0.5, 0.6) is 0 Å². The molecule has 0 atom stereocenters. The minimum Gasteiger partial charge on any atom is -0.368 e. The molecule has 2 heterocycles. The second-order valence-electron chi connectivity index (χ2n) is 8.38. The highest BCUT2D eigenvalue weighted by molar-refractivity contribution is 9.10. The standard InChI is InChI=1S/C26H24BrN7O2S/c27-20-6-10-23(11-7-20)34-26(29-30-31-34)37-18-24(35)28-21-8-12-22(13-9-21)32-14-16-33(17-15-32)25(36)19-4-2-1-3-5-19/h1-13H,14-18H2,(H,28,35). The zero-order chi connectivity index (χ0) is 25.6. The molecule has 1 fully saturated rings. The molecule has 3 aromatic carbocycles. The maximum absolute atomic E-state index is 12.7. The molecule has 0 aliphatic carbocycles. The summed E-state index contributed by atoms with van der Waals surface area (Å²) in [5.74, 6) is 0.106. The van der Waals surface area contributed by atoms with Crippen molar-refractivity contribution in [1.82, 2.24) is 25.1 Å². The molecule has 1 aliphatic rings. The summed E-state index contributed by atoms with van der Waals surface area (Å²) in [5, 5.41) is 15.3. The Morgan fingerprint density at radius 1 is 0.865 bits per heavy atom. The van der Waals surface area contributed by atoms with E-state index in [0.29, 0.717) is 18.2 Å². The molecule has 1 N–H and O–H groups in total. The number of benzene rings is 3. The van der Waals surface area contributed by atoms with Gasteiger partial charge in [-0.2, -0.15) is 4.68 Å². The van der Waals surface area contributed by atoms with Crippen LogP contribution in [0.2, 0.25) is 0 Å². The minimum absolute atomic E-state index is 0.0713. The first-order chi connectivity index (χ1) is 18.1. The Labute approximate surface area is 227 Å². The fourth-order valence-electron chi connectivity index (χ4n) is 4.03. The number of nitrogens with one attached hydrogen (secondary N) is 1. The van der Waals surface area contributed by atoms with Crippen molar-refractivity contribution in [2.45, 2.75) is 5.16 Å². The van der Waals surface area contributed by atoms with Crippen LogP contribution in [0.1, 0.15) is 10.4 Å². The molecule has 0 spiro atoms. The van der Waals surface area contributed by atoms with Gasteiger partial charge in [0.05, 0.1) is 11.4 Å². The largest absolute Gasteiger partial charge is 0.368 e. The average molecular weight is 578 g/mol. The number of aromatic nitrogens is 4. The van der Waals surface area contributed by atoms with Crippen LogP contribution >= 0.6 is 27.7 Å². The lowest BCUT2D eigenvalue weighted by molar-refractivity contribution is -0.113. The Morgan fingerprint density at radius 2 is 1.54 bits per heavy atom. The monoisotopic (exact) mass is 577 g/mol. The predicted molar refractivity (Wildman–Crippen MR) is 147 cm³/mol. The lowest BCUT2D eigenvalue weighted by Gasteiger charge is -2.36. The second-order valence-corrected chi connectivity index (χ2v) is 10.2. The van der Waals surface area contributed by atoms with E-state index in [9.17, 15) is 9.59 Å². The molecule has 4 aromatic rings. The van der Waals surface area contributed by atoms with Crippen LogP contribution in [0.15, 0.2) is 88.5 Å². The highest BCUT2D eigenvalue weighted by atomic mass is 79.9. The number of hydrogen-bond donors (Lipinski definition) is 1. The van der Waals surface area contributed by atoms with Gasteiger partial charge in [0.15, 0.2) is 0 Å². The Morgan fingerprint density at radius 3 is 2.24 bits per heavy atom. The summed E-state index contributed by atoms with van der Waals surface area (Å²) in [5.41, 5.74) is 3.32. The summed E-state index contributed by atoms with van der Waals surface area (Å²) < 4.78 is 2.57. The van der Waals surface area contributed by atoms with Crippen molar-refractivity contribution in [2.24, 2.45) is 0 Å². The maximum Gasteiger partial charge on any atom is 0.253 e. The molecule has 0 saturated carbocycles. The number of halogens is 1. The van der Waals surface area contributed by atoms with Gasteiger partial charge in [-0.1, -0.05) is 45.9 Å². The lowest BCUT2D eigenvalue weighted by atomic mass is 10.1. The molecule has 5 rings (SSSR count). The number of anilines is 2. The van der Waals surface area contributed by atoms with E-state index in [1.807, 2.05) is 83.8 Å². The molecule has 2 amide bonds. The first kappa shape index (κ1) is 25.0. The molecule has 9 nitrogen and oxygen atoms in total. The van der Waals surface area contributed by atoms with Crippen molar-refractivity contribution in [3.63, 3.8) is 0 Å². The Hall–Kier alpha value is -3.70. The molecule has 0 radical (unpaired) electrons. The second kappa shape index (κ2) is 11.6. The van der Waals surface area contributed by atoms with Gasteiger partial charge in [0, 0.05) is 47.6 Å². The van der Waals surface area contributed by atoms with Crippen LogP contribution in [0.25, 0.3) is 5.69 Å². The normalized spacial score (nSPS) is 13.4. The van der Waals surface area contributed by atoms with Gasteiger partial charge in [0.2, 0.25) is 11.1 Å². The smallest absolute Gasteiger partial charge is 0.253 e. The molecule has 1 saturated heterocycles. The predicted octanol–water partition coefficient (Wildman–Crippen LogP) is 4.12. The van der Waals surface area contributed by atoms with E-state index >= 15 is 0 Å². The Kier molecular flexibility index (Phi) is 7.81. The third-order valence-electron chi connectivity index (χ3n) is 5.95. The van der Waals surface area contributed by atoms with Gasteiger partial charge >= 0.3 is 0 Å². The summed E-state index contributed by atoms with van der Waals surface area (Å²) in [6.07, 6.45) is 0. The number of amides is 2. The number of rotatable bonds is 7. The summed E-state index contributed by atoms with van der Waals surface area (Å²) in [4.78, 5) is 29.4. The fourth-order valence-corrected chi connectivity index (χ4v) is 4.98. The molecule has 0 bridgehead atoms. The van der Waals surface area contributed by atoms with Gasteiger partial charge in [-0.15, -0.1) is 5.10 Å². The Bertz CT molecular complexity index is 1360. The van der Waals surface area contributed by atoms with E-state index in [2.05, 4.69) is 41.7 Å². The highest BCUT2D eigenvalue weighted by Gasteiger charge is 2.22. The van der Waals surface area contributed by atoms with E-state index in [4.69, 9.17) is 0 Å². The SMILES string of the molecule is O=C(CSc1nnnn1-c1ccc(Br)cc1)Nc1ccc(N2CCN(C(=O)c3ccccc3)CC2)cc1. The molecular weight excluding hydrogens is 554 g/mol. The number of carbonyl (C=O) groups is 2. The number of nitrogens with zero attached hydrogens (tertiary/aromatic N) is 6. The maximum atomic E-state index is 12.7. The van der Waals surface area contributed by atoms with Crippen LogP contribution in [0.3, 0.4) is 0 Å². The summed E-state index contributed by atoms with van der Waals surface area (Å²) >= 11 is 4.68. The zero-order valence-electron chi connectivity index (χ0n) is 19.8. The van der Waals surface area contributed by atoms with Gasteiger partial charge in [-0.25, -0.2) is 0 Å². The molecule has 188 valence electrons. The molecule has 0 unspecified atom stereocenters. The van der Waals surface area contributed by atoms with Crippen LogP contribution in [0.4, 0.5) is 11.4 Å². The van der Waals surface area contributed by atoms with Crippen LogP contribution in [-0.4, -0.2) is 68.9 Å². The first-order valence-electron chi connectivity index (χ1n) is 11.7. The van der Waals surface area contributed by atoms with Crippen LogP contribution < -0.4 is 10.2 Å². The van der Waals surface area contributed by atoms with E-state index in [-0.39, 0.29) is 17.6 Å². The van der Waals surface area contributed by atoms with Crippen LogP contribution in [-0.2, 0) is 4.79 Å². The third kappa shape index (κ3) is 6.17. The summed E-state index contributed by atoms with van der Waals surface area (Å²) in [6.45, 7) is 2.86. The van der Waals surface area contributed by atoms with Crippen molar-refractivity contribution in [3.8, 4) is 5.69 Å². The third-order valence-corrected chi connectivity index (χ3v) is 7.40. The van der Waals surface area contributed by atoms with E-state index in [1.54, 1.807) is 4.68 Å². The van der Waals surface area contributed by atoms with E-state index in [0.717, 1.165) is 40.2 Å². The quantitative estimate of drug-likeness (QED) is 0.330. The molecule has 11 heteroatoms. The first-order valence-corrected chi connectivity index (χ1v) is 13.5. The van der Waals surface area contributed by atoms with Crippen LogP contribution in [0, 0.1) is 0 Å². The molecule has 1 aromatic heterocycles. The van der Waals surface area contributed by atoms with Gasteiger partial charge in [0.1, 0.15) is 0 Å². The number of piperazine rings is 1. The number of carbonyl (C=O) groups excluding carboxylic acids is 2. The zero-order valence-corrected chi connectivity index (χ0v) is 22.2. The van der Waals surface area contributed by atoms with Gasteiger partial charge in [0.25, 0.3) is 5.91 Å². The van der Waals surface area contributed by atoms with Gasteiger partial charge in [-0.3, -0.25) is 9.59 Å². The lowest BCUT2D eigenvalue weighted by Crippen LogP contribution is -2.48. The van der Waals surface area contributed by atoms with E-state index < -0.39 is 0 Å². The summed E-state index contributed by atoms with van der Waals surface area (Å²) in [7, 11) is 0. The average Bonchev–Trinajstić information content (AvgIpc) is 3.42. The van der Waals surface area contributed by atoms with Crippen molar-refractivity contribution in [2.75, 3.05) is 42.1 Å². The molecule has 1 aliphatic heterocycles. The fraction of sp³-hybridized carbons (Fsp3) is 0.192. The molecule has 37 heavy (non-hydrogen) atoms. The summed E-state index contributed by atoms with van der Waals surface area (Å²) in [6, 6.07) is 24.8. The minimum atomic E-state index is -0.142. The molecular formula is C26H24BrN7O2S. The van der Waals surface area contributed by atoms with Crippen molar-refractivity contribution >= 4 is 50.9 Å².